The van der Waals surface area contributed by atoms with Gasteiger partial charge in [0, 0.05) is 48.4 Å². The summed E-state index contributed by atoms with van der Waals surface area (Å²) in [5.41, 5.74) is 4.57. The molecule has 1 unspecified atom stereocenters. The first-order valence-corrected chi connectivity index (χ1v) is 8.62. The van der Waals surface area contributed by atoms with E-state index in [0.717, 1.165) is 35.3 Å². The molecular formula is C19H20N4O2. The molecule has 2 amide bonds. The Kier molecular flexibility index (Phi) is 3.95. The van der Waals surface area contributed by atoms with Crippen molar-refractivity contribution in [1.82, 2.24) is 14.9 Å². The van der Waals surface area contributed by atoms with Crippen LogP contribution in [0.25, 0.3) is 0 Å². The number of nitrogens with one attached hydrogen (secondary N) is 1. The summed E-state index contributed by atoms with van der Waals surface area (Å²) in [5, 5.41) is 2.91. The third-order valence-electron chi connectivity index (χ3n) is 4.91. The molecular weight excluding hydrogens is 316 g/mol. The fraction of sp³-hybridized carbons (Fsp3) is 0.368. The number of carbonyl (C=O) groups excluding carboxylic acids is 2. The third-order valence-corrected chi connectivity index (χ3v) is 4.91. The second-order valence-electron chi connectivity index (χ2n) is 6.79. The molecule has 0 bridgehead atoms. The number of fused-ring (bicyclic) bond motifs is 2. The van der Waals surface area contributed by atoms with Crippen molar-refractivity contribution in [2.24, 2.45) is 0 Å². The summed E-state index contributed by atoms with van der Waals surface area (Å²) in [7, 11) is 0. The molecule has 0 aliphatic carbocycles. The van der Waals surface area contributed by atoms with Crippen LogP contribution in [0.1, 0.15) is 52.9 Å². The second-order valence-corrected chi connectivity index (χ2v) is 6.79. The van der Waals surface area contributed by atoms with Gasteiger partial charge in [0.1, 0.15) is 6.33 Å². The van der Waals surface area contributed by atoms with Gasteiger partial charge >= 0.3 is 0 Å². The summed E-state index contributed by atoms with van der Waals surface area (Å²) >= 11 is 0. The molecule has 2 aromatic rings. The van der Waals surface area contributed by atoms with Gasteiger partial charge in [0.15, 0.2) is 0 Å². The van der Waals surface area contributed by atoms with E-state index in [1.807, 2.05) is 17.0 Å². The van der Waals surface area contributed by atoms with Crippen molar-refractivity contribution < 1.29 is 9.59 Å². The summed E-state index contributed by atoms with van der Waals surface area (Å²) in [6.07, 6.45) is 5.50. The monoisotopic (exact) mass is 336 g/mol. The molecule has 6 nitrogen and oxygen atoms in total. The van der Waals surface area contributed by atoms with Crippen molar-refractivity contribution in [1.29, 1.82) is 0 Å². The Hall–Kier alpha value is -2.76. The van der Waals surface area contributed by atoms with Crippen LogP contribution < -0.4 is 5.32 Å². The van der Waals surface area contributed by atoms with Gasteiger partial charge < -0.3 is 10.2 Å². The highest BCUT2D eigenvalue weighted by Gasteiger charge is 2.28. The Morgan fingerprint density at radius 2 is 2.16 bits per heavy atom. The first-order valence-electron chi connectivity index (χ1n) is 8.62. The summed E-state index contributed by atoms with van der Waals surface area (Å²) in [6.45, 7) is 3.27. The minimum Gasteiger partial charge on any atom is -0.334 e. The molecule has 4 rings (SSSR count). The zero-order valence-corrected chi connectivity index (χ0v) is 14.2. The Labute approximate surface area is 146 Å². The maximum Gasteiger partial charge on any atom is 0.254 e. The maximum atomic E-state index is 13.0. The molecule has 0 radical (unpaired) electrons. The van der Waals surface area contributed by atoms with Crippen LogP contribution in [-0.4, -0.2) is 33.2 Å². The van der Waals surface area contributed by atoms with E-state index in [2.05, 4.69) is 22.2 Å². The highest BCUT2D eigenvalue weighted by atomic mass is 16.2. The van der Waals surface area contributed by atoms with Gasteiger partial charge in [-0.15, -0.1) is 0 Å². The van der Waals surface area contributed by atoms with E-state index in [1.165, 1.54) is 0 Å². The van der Waals surface area contributed by atoms with Crippen LogP contribution in [0.15, 0.2) is 30.7 Å². The average molecular weight is 336 g/mol. The molecule has 128 valence electrons. The van der Waals surface area contributed by atoms with Gasteiger partial charge in [0.25, 0.3) is 5.91 Å². The molecule has 2 aliphatic rings. The number of aromatic nitrogens is 2. The van der Waals surface area contributed by atoms with Gasteiger partial charge in [0.05, 0.1) is 5.69 Å². The Balaban J connectivity index is 1.60. The summed E-state index contributed by atoms with van der Waals surface area (Å²) < 4.78 is 0. The topological polar surface area (TPSA) is 75.2 Å². The van der Waals surface area contributed by atoms with Gasteiger partial charge in [-0.3, -0.25) is 9.59 Å². The predicted molar refractivity (Wildman–Crippen MR) is 93.2 cm³/mol. The largest absolute Gasteiger partial charge is 0.334 e. The van der Waals surface area contributed by atoms with E-state index >= 15 is 0 Å². The Bertz CT molecular complexity index is 849. The molecule has 0 fully saturated rings. The zero-order valence-electron chi connectivity index (χ0n) is 14.2. The maximum absolute atomic E-state index is 13.0. The number of nitrogens with zero attached hydrogens (tertiary/aromatic N) is 3. The summed E-state index contributed by atoms with van der Waals surface area (Å²) in [5.74, 6) is 0.245. The average Bonchev–Trinajstić information content (AvgIpc) is 2.81. The number of anilines is 1. The molecule has 6 heteroatoms. The van der Waals surface area contributed by atoms with E-state index in [-0.39, 0.29) is 17.7 Å². The van der Waals surface area contributed by atoms with E-state index in [4.69, 9.17) is 0 Å². The lowest BCUT2D eigenvalue weighted by Gasteiger charge is -2.32. The van der Waals surface area contributed by atoms with Crippen molar-refractivity contribution in [3.8, 4) is 0 Å². The quantitative estimate of drug-likeness (QED) is 0.868. The van der Waals surface area contributed by atoms with E-state index in [1.54, 1.807) is 18.6 Å². The van der Waals surface area contributed by atoms with Gasteiger partial charge in [-0.1, -0.05) is 6.92 Å². The fourth-order valence-electron chi connectivity index (χ4n) is 3.67. The van der Waals surface area contributed by atoms with Crippen LogP contribution in [0, 0.1) is 0 Å². The first-order chi connectivity index (χ1) is 12.1. The molecule has 0 saturated heterocycles. The molecule has 1 N–H and O–H groups in total. The van der Waals surface area contributed by atoms with Gasteiger partial charge in [-0.2, -0.15) is 0 Å². The van der Waals surface area contributed by atoms with E-state index in [0.29, 0.717) is 25.1 Å². The van der Waals surface area contributed by atoms with Crippen molar-refractivity contribution in [3.63, 3.8) is 0 Å². The highest BCUT2D eigenvalue weighted by molar-refractivity contribution is 5.97. The molecule has 1 aromatic carbocycles. The number of rotatable bonds is 1. The molecule has 25 heavy (non-hydrogen) atoms. The van der Waals surface area contributed by atoms with Gasteiger partial charge in [-0.25, -0.2) is 9.97 Å². The number of hydrogen-bond acceptors (Lipinski definition) is 4. The number of aryl methyl sites for hydroxylation is 1. The molecule has 2 aliphatic heterocycles. The summed E-state index contributed by atoms with van der Waals surface area (Å²) in [4.78, 5) is 34.9. The minimum absolute atomic E-state index is 0.0136. The first kappa shape index (κ1) is 15.7. The Morgan fingerprint density at radius 1 is 1.28 bits per heavy atom. The number of carbonyl (C=O) groups is 2. The lowest BCUT2D eigenvalue weighted by atomic mass is 9.96. The fourth-order valence-corrected chi connectivity index (χ4v) is 3.67. The van der Waals surface area contributed by atoms with E-state index < -0.39 is 0 Å². The summed E-state index contributed by atoms with van der Waals surface area (Å²) in [6, 6.07) is 5.57. The number of hydrogen-bond donors (Lipinski definition) is 1. The lowest BCUT2D eigenvalue weighted by Crippen LogP contribution is -2.38. The second kappa shape index (κ2) is 6.27. The van der Waals surface area contributed by atoms with Crippen LogP contribution in [0.2, 0.25) is 0 Å². The molecule has 3 heterocycles. The van der Waals surface area contributed by atoms with Crippen molar-refractivity contribution in [3.05, 3.63) is 53.1 Å². The van der Waals surface area contributed by atoms with Gasteiger partial charge in [0.2, 0.25) is 5.91 Å². The van der Waals surface area contributed by atoms with Crippen molar-refractivity contribution in [2.75, 3.05) is 11.9 Å². The SMILES string of the molecule is CC1CN(C(=O)c2ccc3c(c2)CCCC(=O)N3)Cc2cncnc21. The number of benzene rings is 1. The van der Waals surface area contributed by atoms with Gasteiger partial charge in [-0.05, 0) is 36.6 Å². The predicted octanol–water partition coefficient (Wildman–Crippen LogP) is 2.51. The molecule has 0 spiro atoms. The van der Waals surface area contributed by atoms with Crippen LogP contribution in [0.4, 0.5) is 5.69 Å². The highest BCUT2D eigenvalue weighted by Crippen LogP contribution is 2.28. The van der Waals surface area contributed by atoms with Crippen molar-refractivity contribution >= 4 is 17.5 Å². The van der Waals surface area contributed by atoms with Crippen molar-refractivity contribution in [2.45, 2.75) is 38.6 Å². The smallest absolute Gasteiger partial charge is 0.254 e. The van der Waals surface area contributed by atoms with Crippen LogP contribution in [0.3, 0.4) is 0 Å². The molecule has 1 aromatic heterocycles. The van der Waals surface area contributed by atoms with Crippen LogP contribution in [-0.2, 0) is 17.8 Å². The molecule has 0 saturated carbocycles. The zero-order chi connectivity index (χ0) is 17.4. The molecule has 1 atom stereocenters. The standard InChI is InChI=1S/C19H20N4O2/c1-12-9-23(10-15-8-20-11-21-18(12)15)19(25)14-5-6-16-13(7-14)3-2-4-17(24)22-16/h5-8,11-12H,2-4,9-10H2,1H3,(H,22,24). The lowest BCUT2D eigenvalue weighted by molar-refractivity contribution is -0.116. The van der Waals surface area contributed by atoms with Crippen LogP contribution >= 0.6 is 0 Å². The van der Waals surface area contributed by atoms with E-state index in [9.17, 15) is 9.59 Å². The van der Waals surface area contributed by atoms with Crippen LogP contribution in [0.5, 0.6) is 0 Å². The number of amides is 2. The minimum atomic E-state index is 0.0136. The Morgan fingerprint density at radius 3 is 3.04 bits per heavy atom. The third kappa shape index (κ3) is 2.99. The normalized spacial score (nSPS) is 19.5.